The number of benzene rings is 1. The molecule has 0 spiro atoms. The van der Waals surface area contributed by atoms with Crippen LogP contribution < -0.4 is 10.6 Å². The van der Waals surface area contributed by atoms with Gasteiger partial charge in [-0.15, -0.1) is 0 Å². The van der Waals surface area contributed by atoms with Gasteiger partial charge in [0, 0.05) is 24.1 Å². The van der Waals surface area contributed by atoms with Gasteiger partial charge >= 0.3 is 0 Å². The molecule has 1 aliphatic rings. The quantitative estimate of drug-likeness (QED) is 0.744. The van der Waals surface area contributed by atoms with Crippen molar-refractivity contribution in [1.29, 1.82) is 0 Å². The number of hydrogen-bond acceptors (Lipinski definition) is 6. The first-order valence-corrected chi connectivity index (χ1v) is 8.87. The SMILES string of the molecule is Cc1ccc(Nc2nc(NC3CCCCC3)nc3nccnc23)cc1. The van der Waals surface area contributed by atoms with E-state index in [1.165, 1.54) is 37.7 Å². The molecule has 0 amide bonds. The summed E-state index contributed by atoms with van der Waals surface area (Å²) in [6.45, 7) is 2.07. The van der Waals surface area contributed by atoms with E-state index in [2.05, 4.69) is 49.6 Å². The Kier molecular flexibility index (Phi) is 4.41. The summed E-state index contributed by atoms with van der Waals surface area (Å²) < 4.78 is 0. The van der Waals surface area contributed by atoms with Gasteiger partial charge in [-0.3, -0.25) is 0 Å². The molecular weight excluding hydrogens is 312 g/mol. The Hall–Kier alpha value is -2.76. The van der Waals surface area contributed by atoms with Gasteiger partial charge in [0.15, 0.2) is 17.0 Å². The monoisotopic (exact) mass is 334 g/mol. The summed E-state index contributed by atoms with van der Waals surface area (Å²) in [5.74, 6) is 1.30. The van der Waals surface area contributed by atoms with Crippen molar-refractivity contribution in [3.05, 3.63) is 42.2 Å². The average Bonchev–Trinajstić information content (AvgIpc) is 2.64. The minimum absolute atomic E-state index is 0.440. The van der Waals surface area contributed by atoms with Crippen LogP contribution in [-0.4, -0.2) is 26.0 Å². The van der Waals surface area contributed by atoms with Gasteiger partial charge in [-0.05, 0) is 31.9 Å². The van der Waals surface area contributed by atoms with E-state index in [9.17, 15) is 0 Å². The van der Waals surface area contributed by atoms with Gasteiger partial charge in [-0.1, -0.05) is 37.0 Å². The number of fused-ring (bicyclic) bond motifs is 1. The summed E-state index contributed by atoms with van der Waals surface area (Å²) in [7, 11) is 0. The van der Waals surface area contributed by atoms with E-state index >= 15 is 0 Å². The van der Waals surface area contributed by atoms with E-state index < -0.39 is 0 Å². The molecule has 0 aliphatic heterocycles. The van der Waals surface area contributed by atoms with Gasteiger partial charge in [0.25, 0.3) is 0 Å². The first-order chi connectivity index (χ1) is 12.3. The zero-order valence-corrected chi connectivity index (χ0v) is 14.4. The van der Waals surface area contributed by atoms with Crippen LogP contribution in [0.2, 0.25) is 0 Å². The lowest BCUT2D eigenvalue weighted by Gasteiger charge is -2.23. The molecule has 1 aromatic carbocycles. The van der Waals surface area contributed by atoms with Crippen molar-refractivity contribution >= 4 is 28.6 Å². The average molecular weight is 334 g/mol. The maximum atomic E-state index is 4.68. The molecule has 6 nitrogen and oxygen atoms in total. The molecule has 128 valence electrons. The Labute approximate surface area is 147 Å². The van der Waals surface area contributed by atoms with Crippen LogP contribution in [0.15, 0.2) is 36.7 Å². The summed E-state index contributed by atoms with van der Waals surface area (Å²) >= 11 is 0. The molecule has 3 aromatic rings. The predicted octanol–water partition coefficient (Wildman–Crippen LogP) is 4.22. The summed E-state index contributed by atoms with van der Waals surface area (Å²) in [5, 5.41) is 6.84. The van der Waals surface area contributed by atoms with Gasteiger partial charge in [0.1, 0.15) is 0 Å². The summed E-state index contributed by atoms with van der Waals surface area (Å²) in [6.07, 6.45) is 9.52. The van der Waals surface area contributed by atoms with Crippen LogP contribution in [-0.2, 0) is 0 Å². The van der Waals surface area contributed by atoms with E-state index in [0.717, 1.165) is 5.69 Å². The van der Waals surface area contributed by atoms with Crippen molar-refractivity contribution in [2.75, 3.05) is 10.6 Å². The Bertz CT molecular complexity index is 855. The van der Waals surface area contributed by atoms with Crippen molar-refractivity contribution in [2.24, 2.45) is 0 Å². The van der Waals surface area contributed by atoms with Crippen molar-refractivity contribution in [1.82, 2.24) is 19.9 Å². The van der Waals surface area contributed by atoms with Gasteiger partial charge in [0.2, 0.25) is 5.95 Å². The minimum Gasteiger partial charge on any atom is -0.351 e. The van der Waals surface area contributed by atoms with Crippen LogP contribution in [0.5, 0.6) is 0 Å². The highest BCUT2D eigenvalue weighted by Crippen LogP contribution is 2.25. The minimum atomic E-state index is 0.440. The normalized spacial score (nSPS) is 15.2. The molecule has 4 rings (SSSR count). The van der Waals surface area contributed by atoms with E-state index in [1.54, 1.807) is 12.4 Å². The fourth-order valence-corrected chi connectivity index (χ4v) is 3.22. The van der Waals surface area contributed by atoms with Gasteiger partial charge < -0.3 is 10.6 Å². The molecule has 1 fully saturated rings. The molecule has 0 saturated heterocycles. The first-order valence-electron chi connectivity index (χ1n) is 8.87. The molecule has 0 bridgehead atoms. The van der Waals surface area contributed by atoms with E-state index in [4.69, 9.17) is 0 Å². The third-order valence-corrected chi connectivity index (χ3v) is 4.59. The van der Waals surface area contributed by atoms with Crippen LogP contribution in [0.1, 0.15) is 37.7 Å². The van der Waals surface area contributed by atoms with E-state index in [0.29, 0.717) is 29.0 Å². The van der Waals surface area contributed by atoms with Crippen LogP contribution >= 0.6 is 0 Å². The number of aryl methyl sites for hydroxylation is 1. The molecule has 2 N–H and O–H groups in total. The van der Waals surface area contributed by atoms with Crippen molar-refractivity contribution in [2.45, 2.75) is 45.1 Å². The number of nitrogens with one attached hydrogen (secondary N) is 2. The lowest BCUT2D eigenvalue weighted by atomic mass is 9.96. The molecule has 2 aromatic heterocycles. The highest BCUT2D eigenvalue weighted by molar-refractivity contribution is 5.85. The molecule has 0 atom stereocenters. The third-order valence-electron chi connectivity index (χ3n) is 4.59. The Morgan fingerprint density at radius 2 is 1.68 bits per heavy atom. The Morgan fingerprint density at radius 3 is 2.48 bits per heavy atom. The highest BCUT2D eigenvalue weighted by Gasteiger charge is 2.16. The lowest BCUT2D eigenvalue weighted by molar-refractivity contribution is 0.461. The summed E-state index contributed by atoms with van der Waals surface area (Å²) in [6, 6.07) is 8.65. The molecule has 25 heavy (non-hydrogen) atoms. The molecule has 6 heteroatoms. The Morgan fingerprint density at radius 1 is 0.920 bits per heavy atom. The third kappa shape index (κ3) is 3.68. The topological polar surface area (TPSA) is 75.6 Å². The fourth-order valence-electron chi connectivity index (χ4n) is 3.22. The molecular formula is C19H22N6. The smallest absolute Gasteiger partial charge is 0.227 e. The van der Waals surface area contributed by atoms with Crippen molar-refractivity contribution in [3.8, 4) is 0 Å². The maximum Gasteiger partial charge on any atom is 0.227 e. The van der Waals surface area contributed by atoms with Gasteiger partial charge in [-0.2, -0.15) is 9.97 Å². The number of rotatable bonds is 4. The second-order valence-electron chi connectivity index (χ2n) is 6.59. The van der Waals surface area contributed by atoms with E-state index in [1.807, 2.05) is 12.1 Å². The summed E-state index contributed by atoms with van der Waals surface area (Å²) in [4.78, 5) is 18.0. The zero-order chi connectivity index (χ0) is 17.1. The van der Waals surface area contributed by atoms with Crippen LogP contribution in [0.4, 0.5) is 17.5 Å². The second-order valence-corrected chi connectivity index (χ2v) is 6.59. The van der Waals surface area contributed by atoms with Crippen molar-refractivity contribution < 1.29 is 0 Å². The number of nitrogens with zero attached hydrogens (tertiary/aromatic N) is 4. The first kappa shape index (κ1) is 15.7. The van der Waals surface area contributed by atoms with Crippen LogP contribution in [0.25, 0.3) is 11.2 Å². The molecule has 1 saturated carbocycles. The number of anilines is 3. The number of hydrogen-bond donors (Lipinski definition) is 2. The van der Waals surface area contributed by atoms with Gasteiger partial charge in [-0.25, -0.2) is 9.97 Å². The number of aromatic nitrogens is 4. The molecule has 0 unspecified atom stereocenters. The van der Waals surface area contributed by atoms with Crippen molar-refractivity contribution in [3.63, 3.8) is 0 Å². The molecule has 2 heterocycles. The second kappa shape index (κ2) is 7.01. The standard InChI is InChI=1S/C19H22N6/c1-13-7-9-15(10-8-13)22-18-16-17(21-12-11-20-16)24-19(25-18)23-14-5-3-2-4-6-14/h7-12,14H,2-6H2,1H3,(H2,21,22,23,24,25). The summed E-state index contributed by atoms with van der Waals surface area (Å²) in [5.41, 5.74) is 3.47. The molecule has 0 radical (unpaired) electrons. The zero-order valence-electron chi connectivity index (χ0n) is 14.4. The largest absolute Gasteiger partial charge is 0.351 e. The van der Waals surface area contributed by atoms with Crippen LogP contribution in [0.3, 0.4) is 0 Å². The lowest BCUT2D eigenvalue weighted by Crippen LogP contribution is -2.23. The van der Waals surface area contributed by atoms with E-state index in [-0.39, 0.29) is 0 Å². The highest BCUT2D eigenvalue weighted by atomic mass is 15.2. The maximum absolute atomic E-state index is 4.68. The Balaban J connectivity index is 1.66. The van der Waals surface area contributed by atoms with Gasteiger partial charge in [0.05, 0.1) is 0 Å². The van der Waals surface area contributed by atoms with Crippen LogP contribution in [0, 0.1) is 6.92 Å². The fraction of sp³-hybridized carbons (Fsp3) is 0.368. The predicted molar refractivity (Wildman–Crippen MR) is 100 cm³/mol. The molecule has 1 aliphatic carbocycles.